The number of nitrogens with zero attached hydrogens (tertiary/aromatic N) is 4. The van der Waals surface area contributed by atoms with Crippen LogP contribution in [-0.2, 0) is 33.6 Å². The van der Waals surface area contributed by atoms with Crippen LogP contribution in [0.25, 0.3) is 5.78 Å². The summed E-state index contributed by atoms with van der Waals surface area (Å²) in [5.41, 5.74) is 2.71. The molecule has 40 heavy (non-hydrogen) atoms. The molecule has 9 nitrogen and oxygen atoms in total. The number of cyclic esters (lactones) is 1. The summed E-state index contributed by atoms with van der Waals surface area (Å²) < 4.78 is 13.9. The summed E-state index contributed by atoms with van der Waals surface area (Å²) in [6, 6.07) is 5.60. The number of fused-ring (bicyclic) bond motifs is 1. The smallest absolute Gasteiger partial charge is 0.317 e. The molecule has 1 N–H and O–H groups in total. The van der Waals surface area contributed by atoms with Crippen LogP contribution in [0.4, 0.5) is 0 Å². The van der Waals surface area contributed by atoms with Crippen LogP contribution in [0.5, 0.6) is 11.5 Å². The molecule has 0 spiro atoms. The molecule has 1 aromatic carbocycles. The van der Waals surface area contributed by atoms with E-state index in [4.69, 9.17) is 9.47 Å². The molecule has 2 atom stereocenters. The summed E-state index contributed by atoms with van der Waals surface area (Å²) in [6.45, 7) is 8.41. The van der Waals surface area contributed by atoms with Crippen molar-refractivity contribution in [2.45, 2.75) is 97.5 Å². The maximum atomic E-state index is 13.6. The summed E-state index contributed by atoms with van der Waals surface area (Å²) in [5.74, 6) is 0.400. The lowest BCUT2D eigenvalue weighted by Gasteiger charge is -2.43. The van der Waals surface area contributed by atoms with Crippen molar-refractivity contribution in [3.63, 3.8) is 0 Å². The minimum atomic E-state index is -0.919. The van der Waals surface area contributed by atoms with E-state index >= 15 is 0 Å². The van der Waals surface area contributed by atoms with Gasteiger partial charge in [-0.3, -0.25) is 9.59 Å². The zero-order valence-corrected chi connectivity index (χ0v) is 24.0. The van der Waals surface area contributed by atoms with Gasteiger partial charge in [0.1, 0.15) is 23.0 Å². The van der Waals surface area contributed by atoms with Crippen molar-refractivity contribution < 1.29 is 24.2 Å². The number of phenols is 1. The van der Waals surface area contributed by atoms with E-state index in [-0.39, 0.29) is 30.3 Å². The second-order valence-electron chi connectivity index (χ2n) is 11.4. The van der Waals surface area contributed by atoms with Gasteiger partial charge in [-0.1, -0.05) is 26.7 Å². The Bertz CT molecular complexity index is 1390. The molecule has 1 saturated heterocycles. The first-order valence-electron chi connectivity index (χ1n) is 14.7. The van der Waals surface area contributed by atoms with Gasteiger partial charge in [0.2, 0.25) is 0 Å². The van der Waals surface area contributed by atoms with E-state index in [1.54, 1.807) is 10.6 Å². The molecule has 2 aliphatic rings. The zero-order valence-electron chi connectivity index (χ0n) is 24.0. The van der Waals surface area contributed by atoms with Crippen LogP contribution in [0.15, 0.2) is 18.2 Å². The molecule has 2 aromatic heterocycles. The fourth-order valence-electron chi connectivity index (χ4n) is 6.39. The van der Waals surface area contributed by atoms with Crippen LogP contribution in [-0.4, -0.2) is 48.6 Å². The summed E-state index contributed by atoms with van der Waals surface area (Å²) in [5, 5.41) is 15.0. The van der Waals surface area contributed by atoms with Gasteiger partial charge in [-0.15, -0.1) is 5.10 Å². The molecule has 0 bridgehead atoms. The zero-order chi connectivity index (χ0) is 28.4. The van der Waals surface area contributed by atoms with Gasteiger partial charge >= 0.3 is 5.97 Å². The summed E-state index contributed by atoms with van der Waals surface area (Å²) in [7, 11) is 0. The van der Waals surface area contributed by atoms with Crippen LogP contribution in [0.1, 0.15) is 87.1 Å². The number of carbonyl (C=O) groups is 2. The van der Waals surface area contributed by atoms with E-state index in [1.165, 1.54) is 0 Å². The number of aromatic nitrogens is 4. The third kappa shape index (κ3) is 5.56. The van der Waals surface area contributed by atoms with Gasteiger partial charge in [0.15, 0.2) is 11.6 Å². The predicted octanol–water partition coefficient (Wildman–Crippen LogP) is 5.03. The lowest BCUT2D eigenvalue weighted by atomic mass is 9.73. The highest BCUT2D eigenvalue weighted by molar-refractivity contribution is 6.01. The quantitative estimate of drug-likeness (QED) is 0.277. The average molecular weight is 549 g/mol. The Hall–Kier alpha value is -3.49. The molecule has 1 aliphatic heterocycles. The number of aromatic hydroxyl groups is 1. The summed E-state index contributed by atoms with van der Waals surface area (Å²) in [4.78, 5) is 36.1. The third-order valence-corrected chi connectivity index (χ3v) is 8.52. The molecule has 3 aromatic rings. The van der Waals surface area contributed by atoms with E-state index in [0.717, 1.165) is 54.6 Å². The number of ether oxygens (including phenoxy) is 2. The highest BCUT2D eigenvalue weighted by Crippen LogP contribution is 2.45. The van der Waals surface area contributed by atoms with Crippen LogP contribution in [0.3, 0.4) is 0 Å². The minimum absolute atomic E-state index is 0.104. The van der Waals surface area contributed by atoms with Gasteiger partial charge in [-0.25, -0.2) is 9.50 Å². The number of ketones is 1. The molecule has 2 unspecified atom stereocenters. The van der Waals surface area contributed by atoms with E-state index in [2.05, 4.69) is 15.1 Å². The lowest BCUT2D eigenvalue weighted by molar-refractivity contribution is -0.185. The molecule has 3 heterocycles. The van der Waals surface area contributed by atoms with Crippen molar-refractivity contribution in [1.29, 1.82) is 0 Å². The molecule has 0 radical (unpaired) electrons. The predicted molar refractivity (Wildman–Crippen MR) is 149 cm³/mol. The van der Waals surface area contributed by atoms with E-state index in [9.17, 15) is 14.7 Å². The highest BCUT2D eigenvalue weighted by Gasteiger charge is 2.51. The van der Waals surface area contributed by atoms with Gasteiger partial charge in [0.25, 0.3) is 5.78 Å². The number of hydrogen-bond donors (Lipinski definition) is 1. The number of phenolic OH excluding ortho intramolecular Hbond substituents is 1. The molecule has 1 saturated carbocycles. The normalized spacial score (nSPS) is 21.8. The number of aryl methyl sites for hydroxylation is 4. The Labute approximate surface area is 235 Å². The van der Waals surface area contributed by atoms with Crippen LogP contribution in [0, 0.1) is 25.7 Å². The number of esters is 1. The molecule has 1 aliphatic carbocycles. The Morgan fingerprint density at radius 1 is 1.10 bits per heavy atom. The van der Waals surface area contributed by atoms with Crippen molar-refractivity contribution >= 4 is 17.5 Å². The molecule has 2 fully saturated rings. The highest BCUT2D eigenvalue weighted by atomic mass is 16.6. The summed E-state index contributed by atoms with van der Waals surface area (Å²) in [6.07, 6.45) is 7.00. The van der Waals surface area contributed by atoms with Crippen LogP contribution >= 0.6 is 0 Å². The number of Topliss-reactive ketones (excluding diaryl/α,β-unsaturated/α-hetero) is 1. The second kappa shape index (κ2) is 11.6. The standard InChI is InChI=1S/C31H40N4O5/c1-5-13-39-27-17-25(36)21(6-2)15-22(27)11-12-31(23-9-7-8-10-23)18-26(37)24(29(38)40-31)16-28-33-30-32-19(3)14-20(4)35(30)34-28/h14-15,17,23-24,36H,5-13,16,18H2,1-4H3. The monoisotopic (exact) mass is 548 g/mol. The second-order valence-corrected chi connectivity index (χ2v) is 11.4. The molecule has 5 rings (SSSR count). The lowest BCUT2D eigenvalue weighted by Crippen LogP contribution is -2.52. The Morgan fingerprint density at radius 3 is 2.58 bits per heavy atom. The van der Waals surface area contributed by atoms with Crippen molar-refractivity contribution in [2.24, 2.45) is 11.8 Å². The largest absolute Gasteiger partial charge is 0.508 e. The van der Waals surface area contributed by atoms with E-state index in [1.807, 2.05) is 39.8 Å². The summed E-state index contributed by atoms with van der Waals surface area (Å²) >= 11 is 0. The molecular weight excluding hydrogens is 508 g/mol. The van der Waals surface area contributed by atoms with E-state index in [0.29, 0.717) is 43.2 Å². The third-order valence-electron chi connectivity index (χ3n) is 8.52. The first-order chi connectivity index (χ1) is 19.2. The maximum Gasteiger partial charge on any atom is 0.317 e. The minimum Gasteiger partial charge on any atom is -0.508 e. The van der Waals surface area contributed by atoms with Gasteiger partial charge < -0.3 is 14.6 Å². The average Bonchev–Trinajstić information content (AvgIpc) is 3.60. The number of rotatable bonds is 10. The van der Waals surface area contributed by atoms with Crippen molar-refractivity contribution in [3.8, 4) is 11.5 Å². The van der Waals surface area contributed by atoms with Crippen molar-refractivity contribution in [1.82, 2.24) is 19.6 Å². The van der Waals surface area contributed by atoms with Crippen molar-refractivity contribution in [2.75, 3.05) is 6.61 Å². The van der Waals surface area contributed by atoms with Gasteiger partial charge in [-0.2, -0.15) is 4.98 Å². The Balaban J connectivity index is 1.38. The van der Waals surface area contributed by atoms with Gasteiger partial charge in [0, 0.05) is 30.3 Å². The first-order valence-corrected chi connectivity index (χ1v) is 14.7. The maximum absolute atomic E-state index is 13.6. The van der Waals surface area contributed by atoms with Gasteiger partial charge in [-0.05, 0) is 81.5 Å². The first kappa shape index (κ1) is 28.1. The Morgan fingerprint density at radius 2 is 1.88 bits per heavy atom. The molecule has 214 valence electrons. The number of carbonyl (C=O) groups excluding carboxylic acids is 2. The fraction of sp³-hybridized carbons (Fsp3) is 0.581. The van der Waals surface area contributed by atoms with Gasteiger partial charge in [0.05, 0.1) is 6.61 Å². The fourth-order valence-corrected chi connectivity index (χ4v) is 6.39. The SMILES string of the molecule is CCCOc1cc(O)c(CC)cc1CCC1(C2CCCC2)CC(=O)C(Cc2nc3nc(C)cc(C)n3n2)C(=O)O1. The van der Waals surface area contributed by atoms with Crippen LogP contribution < -0.4 is 4.74 Å². The Kier molecular flexibility index (Phi) is 8.10. The van der Waals surface area contributed by atoms with Crippen molar-refractivity contribution in [3.05, 3.63) is 46.5 Å². The number of benzene rings is 1. The van der Waals surface area contributed by atoms with E-state index < -0.39 is 17.5 Å². The molecule has 0 amide bonds. The molecule has 9 heteroatoms. The number of hydrogen-bond acceptors (Lipinski definition) is 8. The molecular formula is C31H40N4O5. The topological polar surface area (TPSA) is 116 Å². The van der Waals surface area contributed by atoms with Crippen LogP contribution in [0.2, 0.25) is 0 Å².